The monoisotopic (exact) mass is 348 g/mol. The molecule has 0 aliphatic carbocycles. The van der Waals surface area contributed by atoms with Crippen molar-refractivity contribution < 1.29 is 19.4 Å². The van der Waals surface area contributed by atoms with Gasteiger partial charge in [0.15, 0.2) is 11.5 Å². The van der Waals surface area contributed by atoms with Crippen molar-refractivity contribution in [3.05, 3.63) is 52.5 Å². The van der Waals surface area contributed by atoms with Crippen LogP contribution in [0.2, 0.25) is 5.02 Å². The van der Waals surface area contributed by atoms with Crippen molar-refractivity contribution in [3.8, 4) is 17.2 Å². The third kappa shape index (κ3) is 3.97. The molecular formula is C17H17ClN2O4. The first-order valence-corrected chi connectivity index (χ1v) is 7.39. The molecule has 24 heavy (non-hydrogen) atoms. The predicted octanol–water partition coefficient (Wildman–Crippen LogP) is 3.22. The molecule has 7 heteroatoms. The van der Waals surface area contributed by atoms with E-state index in [-0.39, 0.29) is 5.75 Å². The Morgan fingerprint density at radius 1 is 1.12 bits per heavy atom. The molecule has 0 atom stereocenters. The number of amides is 1. The Labute approximate surface area is 144 Å². The summed E-state index contributed by atoms with van der Waals surface area (Å²) in [6.07, 6.45) is 0. The van der Waals surface area contributed by atoms with Gasteiger partial charge in [0.1, 0.15) is 5.75 Å². The lowest BCUT2D eigenvalue weighted by molar-refractivity contribution is 0.0954. The lowest BCUT2D eigenvalue weighted by Crippen LogP contribution is -2.19. The van der Waals surface area contributed by atoms with Crippen molar-refractivity contribution in [2.75, 3.05) is 14.2 Å². The maximum atomic E-state index is 12.2. The smallest absolute Gasteiger partial charge is 0.271 e. The Morgan fingerprint density at radius 2 is 1.83 bits per heavy atom. The molecule has 2 rings (SSSR count). The summed E-state index contributed by atoms with van der Waals surface area (Å²) in [5, 5.41) is 14.3. The van der Waals surface area contributed by atoms with Crippen LogP contribution in [0.4, 0.5) is 0 Å². The molecule has 0 unspecified atom stereocenters. The van der Waals surface area contributed by atoms with E-state index >= 15 is 0 Å². The molecular weight excluding hydrogens is 332 g/mol. The van der Waals surface area contributed by atoms with E-state index in [9.17, 15) is 9.90 Å². The number of phenolic OH excluding ortho intramolecular Hbond substituents is 1. The second-order valence-electron chi connectivity index (χ2n) is 4.87. The van der Waals surface area contributed by atoms with E-state index in [0.717, 1.165) is 0 Å². The fraction of sp³-hybridized carbons (Fsp3) is 0.176. The molecule has 0 aliphatic heterocycles. The summed E-state index contributed by atoms with van der Waals surface area (Å²) in [5.74, 6) is 0.578. The van der Waals surface area contributed by atoms with Crippen LogP contribution in [0.15, 0.2) is 41.5 Å². The number of hydrogen-bond acceptors (Lipinski definition) is 5. The summed E-state index contributed by atoms with van der Waals surface area (Å²) < 4.78 is 10.3. The number of halogens is 1. The van der Waals surface area contributed by atoms with Gasteiger partial charge in [0.05, 0.1) is 19.9 Å². The van der Waals surface area contributed by atoms with Crippen LogP contribution in [-0.4, -0.2) is 30.9 Å². The quantitative estimate of drug-likeness (QED) is 0.642. The van der Waals surface area contributed by atoms with Crippen LogP contribution in [0.5, 0.6) is 17.2 Å². The third-order valence-electron chi connectivity index (χ3n) is 3.32. The number of methoxy groups -OCH3 is 2. The highest BCUT2D eigenvalue weighted by atomic mass is 35.5. The zero-order valence-corrected chi connectivity index (χ0v) is 14.2. The van der Waals surface area contributed by atoms with Crippen LogP contribution in [0, 0.1) is 0 Å². The molecule has 0 aromatic heterocycles. The molecule has 0 spiro atoms. The van der Waals surface area contributed by atoms with Gasteiger partial charge >= 0.3 is 0 Å². The number of nitrogens with one attached hydrogen (secondary N) is 1. The molecule has 1 amide bonds. The average molecular weight is 349 g/mol. The molecule has 126 valence electrons. The first-order valence-electron chi connectivity index (χ1n) is 7.01. The van der Waals surface area contributed by atoms with Gasteiger partial charge in [-0.05, 0) is 43.3 Å². The van der Waals surface area contributed by atoms with Gasteiger partial charge in [-0.25, -0.2) is 5.43 Å². The van der Waals surface area contributed by atoms with E-state index in [1.54, 1.807) is 37.3 Å². The summed E-state index contributed by atoms with van der Waals surface area (Å²) in [7, 11) is 3.01. The minimum Gasteiger partial charge on any atom is -0.507 e. The Hall–Kier alpha value is -2.73. The zero-order chi connectivity index (χ0) is 17.7. The maximum absolute atomic E-state index is 12.2. The Morgan fingerprint density at radius 3 is 2.50 bits per heavy atom. The van der Waals surface area contributed by atoms with Gasteiger partial charge in [0.2, 0.25) is 0 Å². The van der Waals surface area contributed by atoms with Crippen molar-refractivity contribution in [1.29, 1.82) is 0 Å². The molecule has 2 aromatic rings. The Kier molecular flexibility index (Phi) is 5.65. The zero-order valence-electron chi connectivity index (χ0n) is 13.5. The van der Waals surface area contributed by atoms with Crippen molar-refractivity contribution >= 4 is 23.2 Å². The van der Waals surface area contributed by atoms with Crippen LogP contribution < -0.4 is 14.9 Å². The van der Waals surface area contributed by atoms with E-state index in [1.165, 1.54) is 20.3 Å². The number of benzene rings is 2. The fourth-order valence-electron chi connectivity index (χ4n) is 2.03. The van der Waals surface area contributed by atoms with E-state index in [2.05, 4.69) is 10.5 Å². The molecule has 2 aromatic carbocycles. The summed E-state index contributed by atoms with van der Waals surface area (Å²) >= 11 is 5.90. The third-order valence-corrected chi connectivity index (χ3v) is 3.55. The van der Waals surface area contributed by atoms with E-state index in [4.69, 9.17) is 21.1 Å². The maximum Gasteiger partial charge on any atom is 0.271 e. The lowest BCUT2D eigenvalue weighted by atomic mass is 10.1. The van der Waals surface area contributed by atoms with Gasteiger partial charge in [-0.1, -0.05) is 11.6 Å². The van der Waals surface area contributed by atoms with E-state index in [1.807, 2.05) is 0 Å². The summed E-state index contributed by atoms with van der Waals surface area (Å²) in [6.45, 7) is 1.65. The van der Waals surface area contributed by atoms with E-state index in [0.29, 0.717) is 33.4 Å². The SMILES string of the molecule is COc1ccc(C(=O)N/N=C(\C)c2cc(Cl)ccc2O)cc1OC. The minimum absolute atomic E-state index is 0.0287. The molecule has 6 nitrogen and oxygen atoms in total. The topological polar surface area (TPSA) is 80.2 Å². The van der Waals surface area contributed by atoms with Crippen molar-refractivity contribution in [1.82, 2.24) is 5.43 Å². The number of phenols is 1. The molecule has 0 fully saturated rings. The van der Waals surface area contributed by atoms with Crippen LogP contribution in [0.3, 0.4) is 0 Å². The van der Waals surface area contributed by atoms with Crippen molar-refractivity contribution in [3.63, 3.8) is 0 Å². The molecule has 0 aliphatic rings. The second-order valence-corrected chi connectivity index (χ2v) is 5.31. The number of carbonyl (C=O) groups is 1. The number of rotatable bonds is 5. The number of ether oxygens (including phenoxy) is 2. The van der Waals surface area contributed by atoms with Crippen LogP contribution in [0.25, 0.3) is 0 Å². The van der Waals surface area contributed by atoms with Gasteiger partial charge in [0.25, 0.3) is 5.91 Å². The number of aromatic hydroxyl groups is 1. The first-order chi connectivity index (χ1) is 11.5. The standard InChI is InChI=1S/C17H17ClN2O4/c1-10(13-9-12(18)5-6-14(13)21)19-20-17(22)11-4-7-15(23-2)16(8-11)24-3/h4-9,21H,1-3H3,(H,20,22)/b19-10+. The largest absolute Gasteiger partial charge is 0.507 e. The van der Waals surface area contributed by atoms with Crippen LogP contribution in [0.1, 0.15) is 22.8 Å². The first kappa shape index (κ1) is 17.6. The summed E-state index contributed by atoms with van der Waals surface area (Å²) in [5.41, 5.74) is 3.65. The van der Waals surface area contributed by atoms with Gasteiger partial charge in [-0.15, -0.1) is 0 Å². The predicted molar refractivity (Wildman–Crippen MR) is 92.3 cm³/mol. The highest BCUT2D eigenvalue weighted by Gasteiger charge is 2.11. The highest BCUT2D eigenvalue weighted by Crippen LogP contribution is 2.27. The fourth-order valence-corrected chi connectivity index (χ4v) is 2.21. The minimum atomic E-state index is -0.420. The van der Waals surface area contributed by atoms with Gasteiger partial charge < -0.3 is 14.6 Å². The Balaban J connectivity index is 2.19. The summed E-state index contributed by atoms with van der Waals surface area (Å²) in [6, 6.07) is 9.38. The Bertz CT molecular complexity index is 790. The number of hydrazone groups is 1. The van der Waals surface area contributed by atoms with Crippen LogP contribution >= 0.6 is 11.6 Å². The normalized spacial score (nSPS) is 11.1. The van der Waals surface area contributed by atoms with Crippen molar-refractivity contribution in [2.24, 2.45) is 5.10 Å². The molecule has 0 heterocycles. The van der Waals surface area contributed by atoms with Gasteiger partial charge in [-0.2, -0.15) is 5.10 Å². The number of nitrogens with zero attached hydrogens (tertiary/aromatic N) is 1. The van der Waals surface area contributed by atoms with Crippen molar-refractivity contribution in [2.45, 2.75) is 6.92 Å². The lowest BCUT2D eigenvalue weighted by Gasteiger charge is -2.09. The van der Waals surface area contributed by atoms with Gasteiger partial charge in [0, 0.05) is 16.1 Å². The molecule has 2 N–H and O–H groups in total. The molecule has 0 bridgehead atoms. The average Bonchev–Trinajstić information content (AvgIpc) is 2.60. The molecule has 0 saturated carbocycles. The molecule has 0 saturated heterocycles. The molecule has 0 radical (unpaired) electrons. The summed E-state index contributed by atoms with van der Waals surface area (Å²) in [4.78, 5) is 12.2. The number of carbonyl (C=O) groups excluding carboxylic acids is 1. The van der Waals surface area contributed by atoms with Crippen LogP contribution in [-0.2, 0) is 0 Å². The van der Waals surface area contributed by atoms with Gasteiger partial charge in [-0.3, -0.25) is 4.79 Å². The second kappa shape index (κ2) is 7.70. The number of hydrogen-bond donors (Lipinski definition) is 2. The van der Waals surface area contributed by atoms with E-state index < -0.39 is 5.91 Å². The highest BCUT2D eigenvalue weighted by molar-refractivity contribution is 6.31.